The molecule has 0 fully saturated rings. The molecule has 1 atom stereocenters. The van der Waals surface area contributed by atoms with Crippen LogP contribution in [0.1, 0.15) is 45.6 Å². The Morgan fingerprint density at radius 3 is 2.16 bits per heavy atom. The molecule has 2 amide bonds. The van der Waals surface area contributed by atoms with Crippen LogP contribution in [0.2, 0.25) is 10.0 Å². The maximum atomic E-state index is 13.2. The molecule has 2 aromatic carbocycles. The first kappa shape index (κ1) is 26.6. The average molecular weight is 496 g/mol. The molecule has 4 nitrogen and oxygen atoms in total. The average Bonchev–Trinajstić information content (AvgIpc) is 2.77. The Morgan fingerprint density at radius 2 is 1.59 bits per heavy atom. The van der Waals surface area contributed by atoms with Crippen molar-refractivity contribution in [2.75, 3.05) is 12.3 Å². The summed E-state index contributed by atoms with van der Waals surface area (Å²) in [5, 5.41) is 4.35. The minimum absolute atomic E-state index is 0.0109. The number of carbonyl (C=O) groups excluding carboxylic acids is 2. The second-order valence-electron chi connectivity index (χ2n) is 8.12. The van der Waals surface area contributed by atoms with Crippen LogP contribution in [-0.2, 0) is 16.1 Å². The summed E-state index contributed by atoms with van der Waals surface area (Å²) in [4.78, 5) is 28.9. The summed E-state index contributed by atoms with van der Waals surface area (Å²) >= 11 is 13.6. The van der Waals surface area contributed by atoms with Crippen molar-refractivity contribution in [1.82, 2.24) is 10.2 Å². The van der Waals surface area contributed by atoms with Gasteiger partial charge in [0, 0.05) is 34.5 Å². The van der Waals surface area contributed by atoms with Crippen LogP contribution in [0.5, 0.6) is 0 Å². The van der Waals surface area contributed by atoms with E-state index in [0.29, 0.717) is 41.9 Å². The molecule has 0 bridgehead atoms. The second kappa shape index (κ2) is 13.8. The minimum Gasteiger partial charge on any atom is -0.354 e. The van der Waals surface area contributed by atoms with Gasteiger partial charge in [0.1, 0.15) is 6.04 Å². The maximum Gasteiger partial charge on any atom is 0.242 e. The van der Waals surface area contributed by atoms with E-state index < -0.39 is 6.04 Å². The minimum atomic E-state index is -0.499. The molecule has 0 heterocycles. The van der Waals surface area contributed by atoms with Gasteiger partial charge in [0.15, 0.2) is 0 Å². The van der Waals surface area contributed by atoms with Crippen LogP contribution in [0.15, 0.2) is 53.4 Å². The van der Waals surface area contributed by atoms with E-state index in [9.17, 15) is 9.59 Å². The lowest BCUT2D eigenvalue weighted by molar-refractivity contribution is -0.141. The van der Waals surface area contributed by atoms with Crippen molar-refractivity contribution in [3.63, 3.8) is 0 Å². The summed E-state index contributed by atoms with van der Waals surface area (Å²) < 4.78 is 0. The second-order valence-corrected chi connectivity index (χ2v) is 10.2. The number of benzene rings is 2. The fourth-order valence-electron chi connectivity index (χ4n) is 3.22. The lowest BCUT2D eigenvalue weighted by Gasteiger charge is -2.31. The van der Waals surface area contributed by atoms with E-state index in [1.807, 2.05) is 55.5 Å². The molecule has 0 aromatic heterocycles. The van der Waals surface area contributed by atoms with Crippen molar-refractivity contribution < 1.29 is 9.59 Å². The Morgan fingerprint density at radius 1 is 1.00 bits per heavy atom. The highest BCUT2D eigenvalue weighted by molar-refractivity contribution is 7.99. The van der Waals surface area contributed by atoms with Gasteiger partial charge in [0.25, 0.3) is 0 Å². The highest BCUT2D eigenvalue weighted by Crippen LogP contribution is 2.22. The highest BCUT2D eigenvalue weighted by Gasteiger charge is 2.28. The number of nitrogens with one attached hydrogen (secondary N) is 1. The quantitative estimate of drug-likeness (QED) is 0.272. The summed E-state index contributed by atoms with van der Waals surface area (Å²) in [5.41, 5.74) is 0.952. The molecule has 0 radical (unpaired) electrons. The first-order valence-corrected chi connectivity index (χ1v) is 12.7. The van der Waals surface area contributed by atoms with Crippen LogP contribution in [0, 0.1) is 5.92 Å². The Balaban J connectivity index is 2.03. The Bertz CT molecular complexity index is 857. The molecule has 0 aliphatic heterocycles. The predicted octanol–water partition coefficient (Wildman–Crippen LogP) is 6.45. The van der Waals surface area contributed by atoms with E-state index in [1.165, 1.54) is 0 Å². The van der Waals surface area contributed by atoms with Gasteiger partial charge in [-0.15, -0.1) is 11.8 Å². The van der Waals surface area contributed by atoms with Crippen molar-refractivity contribution in [2.24, 2.45) is 5.92 Å². The molecular weight excluding hydrogens is 463 g/mol. The summed E-state index contributed by atoms with van der Waals surface area (Å²) in [6, 6.07) is 14.6. The number of hydrogen-bond donors (Lipinski definition) is 1. The van der Waals surface area contributed by atoms with Gasteiger partial charge in [-0.05, 0) is 66.5 Å². The number of hydrogen-bond acceptors (Lipinski definition) is 3. The molecule has 0 aliphatic rings. The van der Waals surface area contributed by atoms with Gasteiger partial charge in [0.05, 0.1) is 0 Å². The van der Waals surface area contributed by atoms with Crippen LogP contribution in [0.25, 0.3) is 0 Å². The van der Waals surface area contributed by atoms with E-state index in [-0.39, 0.29) is 11.8 Å². The summed E-state index contributed by atoms with van der Waals surface area (Å²) in [6.45, 7) is 7.02. The topological polar surface area (TPSA) is 49.4 Å². The van der Waals surface area contributed by atoms with Gasteiger partial charge < -0.3 is 10.2 Å². The normalized spacial score (nSPS) is 11.9. The van der Waals surface area contributed by atoms with Crippen molar-refractivity contribution in [3.05, 3.63) is 64.1 Å². The van der Waals surface area contributed by atoms with Gasteiger partial charge in [-0.2, -0.15) is 0 Å². The van der Waals surface area contributed by atoms with Gasteiger partial charge in [-0.1, -0.05) is 56.1 Å². The number of thioether (sulfide) groups is 1. The van der Waals surface area contributed by atoms with Crippen LogP contribution < -0.4 is 5.32 Å². The fraction of sp³-hybridized carbons (Fsp3) is 0.440. The molecule has 174 valence electrons. The molecular formula is C25H32Cl2N2O2S. The Kier molecular flexibility index (Phi) is 11.4. The summed E-state index contributed by atoms with van der Waals surface area (Å²) in [5.74, 6) is 1.06. The van der Waals surface area contributed by atoms with Gasteiger partial charge in [0.2, 0.25) is 11.8 Å². The molecule has 32 heavy (non-hydrogen) atoms. The van der Waals surface area contributed by atoms with Crippen molar-refractivity contribution in [1.29, 1.82) is 0 Å². The van der Waals surface area contributed by atoms with Gasteiger partial charge >= 0.3 is 0 Å². The zero-order valence-corrected chi connectivity index (χ0v) is 21.3. The van der Waals surface area contributed by atoms with Crippen LogP contribution in [-0.4, -0.2) is 35.1 Å². The SMILES string of the molecule is CC[C@H](C(=O)NCC(C)C)N(Cc1ccc(Cl)cc1)C(=O)CCCSc1ccc(Cl)cc1. The first-order chi connectivity index (χ1) is 15.3. The lowest BCUT2D eigenvalue weighted by Crippen LogP contribution is -2.49. The van der Waals surface area contributed by atoms with E-state index in [2.05, 4.69) is 19.2 Å². The molecule has 2 aromatic rings. The summed E-state index contributed by atoms with van der Waals surface area (Å²) in [7, 11) is 0. The lowest BCUT2D eigenvalue weighted by atomic mass is 10.1. The Labute approximate surface area is 206 Å². The largest absolute Gasteiger partial charge is 0.354 e. The van der Waals surface area contributed by atoms with Crippen molar-refractivity contribution in [2.45, 2.75) is 57.5 Å². The third-order valence-corrected chi connectivity index (χ3v) is 6.56. The first-order valence-electron chi connectivity index (χ1n) is 11.0. The molecule has 0 saturated carbocycles. The van der Waals surface area contributed by atoms with Crippen molar-refractivity contribution >= 4 is 46.8 Å². The van der Waals surface area contributed by atoms with Gasteiger partial charge in [-0.25, -0.2) is 0 Å². The molecule has 0 unspecified atom stereocenters. The van der Waals surface area contributed by atoms with E-state index in [0.717, 1.165) is 22.6 Å². The molecule has 0 spiro atoms. The summed E-state index contributed by atoms with van der Waals surface area (Å²) in [6.07, 6.45) is 1.68. The number of carbonyl (C=O) groups is 2. The molecule has 0 saturated heterocycles. The molecule has 7 heteroatoms. The number of rotatable bonds is 12. The number of nitrogens with zero attached hydrogens (tertiary/aromatic N) is 1. The van der Waals surface area contributed by atoms with E-state index in [4.69, 9.17) is 23.2 Å². The number of amides is 2. The monoisotopic (exact) mass is 494 g/mol. The fourth-order valence-corrected chi connectivity index (χ4v) is 4.32. The van der Waals surface area contributed by atoms with Crippen LogP contribution >= 0.6 is 35.0 Å². The highest BCUT2D eigenvalue weighted by atomic mass is 35.5. The smallest absolute Gasteiger partial charge is 0.242 e. The third-order valence-electron chi connectivity index (χ3n) is 4.95. The molecule has 0 aliphatic carbocycles. The zero-order chi connectivity index (χ0) is 23.5. The van der Waals surface area contributed by atoms with E-state index >= 15 is 0 Å². The predicted molar refractivity (Wildman–Crippen MR) is 135 cm³/mol. The van der Waals surface area contributed by atoms with Crippen LogP contribution in [0.4, 0.5) is 0 Å². The van der Waals surface area contributed by atoms with Crippen LogP contribution in [0.3, 0.4) is 0 Å². The Hall–Kier alpha value is -1.69. The molecule has 1 N–H and O–H groups in total. The van der Waals surface area contributed by atoms with Crippen molar-refractivity contribution in [3.8, 4) is 0 Å². The molecule has 2 rings (SSSR count). The maximum absolute atomic E-state index is 13.2. The zero-order valence-electron chi connectivity index (χ0n) is 18.9. The van der Waals surface area contributed by atoms with Gasteiger partial charge in [-0.3, -0.25) is 9.59 Å². The number of halogens is 2. The van der Waals surface area contributed by atoms with E-state index in [1.54, 1.807) is 16.7 Å². The standard InChI is InChI=1S/C25H32Cl2N2O2S/c1-4-23(25(31)28-16-18(2)3)29(17-19-7-9-20(26)10-8-19)24(30)6-5-15-32-22-13-11-21(27)12-14-22/h7-14,18,23H,4-6,15-17H2,1-3H3,(H,28,31)/t23-/m1/s1. The third kappa shape index (κ3) is 9.05.